The van der Waals surface area contributed by atoms with Crippen molar-refractivity contribution in [1.29, 1.82) is 0 Å². The molecule has 7 nitrogen and oxygen atoms in total. The normalized spacial score (nSPS) is 12.5. The minimum absolute atomic E-state index is 0.0707. The SMILES string of the molecule is Cc1ccc(N(CC(=O)N(Cc2cccc(Cl)c2)C(C)C(=O)NC(C)(C)C)S(=O)(=O)c2ccc(C)cc2)cc1. The summed E-state index contributed by atoms with van der Waals surface area (Å²) in [5, 5.41) is 3.41. The number of amides is 2. The largest absolute Gasteiger partial charge is 0.350 e. The van der Waals surface area contributed by atoms with Gasteiger partial charge in [-0.05, 0) is 83.5 Å². The molecule has 0 radical (unpaired) electrons. The average molecular weight is 570 g/mol. The second kappa shape index (κ2) is 12.2. The van der Waals surface area contributed by atoms with Crippen LogP contribution in [0, 0.1) is 13.8 Å². The van der Waals surface area contributed by atoms with Crippen molar-refractivity contribution in [3.8, 4) is 0 Å². The smallest absolute Gasteiger partial charge is 0.264 e. The van der Waals surface area contributed by atoms with E-state index in [2.05, 4.69) is 5.32 Å². The molecule has 1 atom stereocenters. The lowest BCUT2D eigenvalue weighted by Crippen LogP contribution is -2.54. The van der Waals surface area contributed by atoms with Gasteiger partial charge in [-0.2, -0.15) is 0 Å². The molecule has 1 N–H and O–H groups in total. The van der Waals surface area contributed by atoms with Crippen molar-refractivity contribution in [2.75, 3.05) is 10.8 Å². The first-order chi connectivity index (χ1) is 18.2. The number of carbonyl (C=O) groups excluding carboxylic acids is 2. The Balaban J connectivity index is 2.03. The van der Waals surface area contributed by atoms with E-state index in [9.17, 15) is 18.0 Å². The van der Waals surface area contributed by atoms with E-state index in [1.54, 1.807) is 67.6 Å². The summed E-state index contributed by atoms with van der Waals surface area (Å²) in [5.74, 6) is -0.871. The number of anilines is 1. The average Bonchev–Trinajstić information content (AvgIpc) is 2.85. The Morgan fingerprint density at radius 2 is 1.49 bits per heavy atom. The number of nitrogens with one attached hydrogen (secondary N) is 1. The van der Waals surface area contributed by atoms with Crippen LogP contribution in [0.25, 0.3) is 0 Å². The van der Waals surface area contributed by atoms with Crippen LogP contribution in [-0.2, 0) is 26.2 Å². The zero-order valence-electron chi connectivity index (χ0n) is 23.2. The highest BCUT2D eigenvalue weighted by molar-refractivity contribution is 7.92. The lowest BCUT2D eigenvalue weighted by molar-refractivity contribution is -0.140. The van der Waals surface area contributed by atoms with Crippen LogP contribution in [0.2, 0.25) is 5.02 Å². The first-order valence-corrected chi connectivity index (χ1v) is 14.5. The number of rotatable bonds is 9. The van der Waals surface area contributed by atoms with Gasteiger partial charge in [0.1, 0.15) is 12.6 Å². The molecule has 208 valence electrons. The number of hydrogen-bond donors (Lipinski definition) is 1. The number of benzene rings is 3. The number of halogens is 1. The fourth-order valence-corrected chi connectivity index (χ4v) is 5.59. The minimum atomic E-state index is -4.10. The summed E-state index contributed by atoms with van der Waals surface area (Å²) in [6.07, 6.45) is 0. The lowest BCUT2D eigenvalue weighted by Gasteiger charge is -2.33. The zero-order valence-corrected chi connectivity index (χ0v) is 24.8. The van der Waals surface area contributed by atoms with E-state index in [1.807, 2.05) is 34.6 Å². The molecule has 2 amide bonds. The summed E-state index contributed by atoms with van der Waals surface area (Å²) < 4.78 is 28.8. The summed E-state index contributed by atoms with van der Waals surface area (Å²) >= 11 is 6.18. The maximum atomic E-state index is 13.9. The van der Waals surface area contributed by atoms with Crippen molar-refractivity contribution in [2.24, 2.45) is 0 Å². The van der Waals surface area contributed by atoms with Crippen molar-refractivity contribution >= 4 is 39.1 Å². The fourth-order valence-electron chi connectivity index (χ4n) is 3.97. The minimum Gasteiger partial charge on any atom is -0.350 e. The van der Waals surface area contributed by atoms with Crippen molar-refractivity contribution in [1.82, 2.24) is 10.2 Å². The standard InChI is InChI=1S/C30H36ClN3O4S/c1-21-10-14-26(15-11-21)34(39(37,38)27-16-12-22(2)13-17-27)20-28(35)33(19-24-8-7-9-25(31)18-24)23(3)29(36)32-30(4,5)6/h7-18,23H,19-20H2,1-6H3,(H,32,36). The van der Waals surface area contributed by atoms with Crippen LogP contribution < -0.4 is 9.62 Å². The molecule has 0 heterocycles. The van der Waals surface area contributed by atoms with Gasteiger partial charge in [-0.15, -0.1) is 0 Å². The topological polar surface area (TPSA) is 86.8 Å². The summed E-state index contributed by atoms with van der Waals surface area (Å²) in [4.78, 5) is 28.5. The Morgan fingerprint density at radius 3 is 2.03 bits per heavy atom. The Labute approximate surface area is 236 Å². The van der Waals surface area contributed by atoms with E-state index in [1.165, 1.54) is 17.0 Å². The molecule has 0 bridgehead atoms. The van der Waals surface area contributed by atoms with Crippen molar-refractivity contribution < 1.29 is 18.0 Å². The van der Waals surface area contributed by atoms with Crippen LogP contribution >= 0.6 is 11.6 Å². The van der Waals surface area contributed by atoms with E-state index >= 15 is 0 Å². The van der Waals surface area contributed by atoms with Crippen molar-refractivity contribution in [2.45, 2.75) is 64.6 Å². The Bertz CT molecular complexity index is 1420. The van der Waals surface area contributed by atoms with Crippen LogP contribution in [0.5, 0.6) is 0 Å². The molecule has 0 aliphatic heterocycles. The first kappa shape index (κ1) is 30.2. The van der Waals surface area contributed by atoms with E-state index in [-0.39, 0.29) is 17.3 Å². The highest BCUT2D eigenvalue weighted by Crippen LogP contribution is 2.25. The zero-order chi connectivity index (χ0) is 29.0. The molecule has 39 heavy (non-hydrogen) atoms. The number of nitrogens with zero attached hydrogens (tertiary/aromatic N) is 2. The Kier molecular flexibility index (Phi) is 9.46. The predicted octanol–water partition coefficient (Wildman–Crippen LogP) is 5.48. The molecular weight excluding hydrogens is 534 g/mol. The Morgan fingerprint density at radius 1 is 0.923 bits per heavy atom. The Hall–Kier alpha value is -3.36. The van der Waals surface area contributed by atoms with Gasteiger partial charge in [0.2, 0.25) is 11.8 Å². The third kappa shape index (κ3) is 8.07. The van der Waals surface area contributed by atoms with Gasteiger partial charge in [0.25, 0.3) is 10.0 Å². The van der Waals surface area contributed by atoms with Gasteiger partial charge < -0.3 is 10.2 Å². The van der Waals surface area contributed by atoms with E-state index in [0.717, 1.165) is 21.0 Å². The fraction of sp³-hybridized carbons (Fsp3) is 0.333. The van der Waals surface area contributed by atoms with Gasteiger partial charge in [-0.3, -0.25) is 13.9 Å². The van der Waals surface area contributed by atoms with Gasteiger partial charge in [0.05, 0.1) is 10.6 Å². The number of hydrogen-bond acceptors (Lipinski definition) is 4. The molecule has 3 aromatic rings. The second-order valence-electron chi connectivity index (χ2n) is 10.7. The summed E-state index contributed by atoms with van der Waals surface area (Å²) in [5.41, 5.74) is 2.42. The highest BCUT2D eigenvalue weighted by atomic mass is 35.5. The molecule has 0 fully saturated rings. The van der Waals surface area contributed by atoms with Crippen LogP contribution in [0.4, 0.5) is 5.69 Å². The first-order valence-electron chi connectivity index (χ1n) is 12.7. The predicted molar refractivity (Wildman–Crippen MR) is 156 cm³/mol. The molecule has 0 spiro atoms. The molecule has 0 saturated carbocycles. The van der Waals surface area contributed by atoms with Gasteiger partial charge in [-0.1, -0.05) is 59.1 Å². The van der Waals surface area contributed by atoms with E-state index in [4.69, 9.17) is 11.6 Å². The van der Waals surface area contributed by atoms with Crippen LogP contribution in [-0.4, -0.2) is 43.3 Å². The van der Waals surface area contributed by atoms with Crippen molar-refractivity contribution in [3.05, 3.63) is 94.5 Å². The monoisotopic (exact) mass is 569 g/mol. The molecule has 0 aliphatic rings. The number of aryl methyl sites for hydroxylation is 2. The maximum Gasteiger partial charge on any atom is 0.264 e. The van der Waals surface area contributed by atoms with E-state index < -0.39 is 34.1 Å². The van der Waals surface area contributed by atoms with Crippen LogP contribution in [0.3, 0.4) is 0 Å². The molecule has 9 heteroatoms. The van der Waals surface area contributed by atoms with Crippen LogP contribution in [0.1, 0.15) is 44.4 Å². The maximum absolute atomic E-state index is 13.9. The molecule has 0 aromatic heterocycles. The van der Waals surface area contributed by atoms with Gasteiger partial charge in [-0.25, -0.2) is 8.42 Å². The molecular formula is C30H36ClN3O4S. The third-order valence-corrected chi connectivity index (χ3v) is 8.14. The molecule has 0 aliphatic carbocycles. The molecule has 3 rings (SSSR count). The highest BCUT2D eigenvalue weighted by Gasteiger charge is 2.33. The quantitative estimate of drug-likeness (QED) is 0.369. The summed E-state index contributed by atoms with van der Waals surface area (Å²) in [7, 11) is -4.10. The molecule has 1 unspecified atom stereocenters. The number of carbonyl (C=O) groups is 2. The molecule has 0 saturated heterocycles. The van der Waals surface area contributed by atoms with E-state index in [0.29, 0.717) is 10.7 Å². The van der Waals surface area contributed by atoms with Gasteiger partial charge in [0, 0.05) is 17.1 Å². The lowest BCUT2D eigenvalue weighted by atomic mass is 10.1. The van der Waals surface area contributed by atoms with Crippen LogP contribution in [0.15, 0.2) is 77.7 Å². The van der Waals surface area contributed by atoms with Gasteiger partial charge >= 0.3 is 0 Å². The summed E-state index contributed by atoms with van der Waals surface area (Å²) in [6, 6.07) is 19.5. The van der Waals surface area contributed by atoms with Crippen molar-refractivity contribution in [3.63, 3.8) is 0 Å². The summed E-state index contributed by atoms with van der Waals surface area (Å²) in [6.45, 7) is 10.5. The van der Waals surface area contributed by atoms with Gasteiger partial charge in [0.15, 0.2) is 0 Å². The second-order valence-corrected chi connectivity index (χ2v) is 13.0. The number of sulfonamides is 1. The third-order valence-electron chi connectivity index (χ3n) is 6.12. The molecule has 3 aromatic carbocycles.